The van der Waals surface area contributed by atoms with E-state index in [1.54, 1.807) is 43.5 Å². The van der Waals surface area contributed by atoms with Crippen molar-refractivity contribution in [2.45, 2.75) is 12.8 Å². The molecule has 0 saturated heterocycles. The summed E-state index contributed by atoms with van der Waals surface area (Å²) < 4.78 is 15.5. The molecule has 0 spiro atoms. The molecule has 1 amide bonds. The summed E-state index contributed by atoms with van der Waals surface area (Å²) in [6.07, 6.45) is 0.605. The Morgan fingerprint density at radius 3 is 2.44 bits per heavy atom. The van der Waals surface area contributed by atoms with Gasteiger partial charge in [-0.1, -0.05) is 23.2 Å². The van der Waals surface area contributed by atoms with E-state index in [4.69, 9.17) is 37.4 Å². The Morgan fingerprint density at radius 2 is 1.74 bits per heavy atom. The number of halogens is 2. The van der Waals surface area contributed by atoms with Crippen molar-refractivity contribution in [3.63, 3.8) is 0 Å². The molecule has 6 nitrogen and oxygen atoms in total. The van der Waals surface area contributed by atoms with Gasteiger partial charge >= 0.3 is 5.97 Å². The van der Waals surface area contributed by atoms with E-state index < -0.39 is 18.5 Å². The fraction of sp³-hybridized carbons (Fsp3) is 0.263. The molecule has 0 radical (unpaired) electrons. The van der Waals surface area contributed by atoms with Gasteiger partial charge in [-0.15, -0.1) is 0 Å². The number of hydrogen-bond acceptors (Lipinski definition) is 5. The van der Waals surface area contributed by atoms with Gasteiger partial charge in [0.15, 0.2) is 6.61 Å². The molecule has 8 heteroatoms. The number of rotatable bonds is 9. The molecule has 2 aromatic carbocycles. The number of anilines is 1. The summed E-state index contributed by atoms with van der Waals surface area (Å²) in [5.41, 5.74) is 0.359. The fourth-order valence-electron chi connectivity index (χ4n) is 2.08. The number of nitrogens with one attached hydrogen (secondary N) is 1. The molecule has 0 bridgehead atoms. The molecule has 2 aromatic rings. The van der Waals surface area contributed by atoms with Crippen molar-refractivity contribution < 1.29 is 23.8 Å². The molecule has 0 aliphatic rings. The molecular weight excluding hydrogens is 393 g/mol. The van der Waals surface area contributed by atoms with Crippen LogP contribution in [-0.2, 0) is 14.3 Å². The highest BCUT2D eigenvalue weighted by atomic mass is 35.5. The second-order valence-corrected chi connectivity index (χ2v) is 6.30. The Kier molecular flexibility index (Phi) is 8.23. The number of ether oxygens (including phenoxy) is 3. The average molecular weight is 412 g/mol. The molecule has 0 aliphatic heterocycles. The van der Waals surface area contributed by atoms with Crippen molar-refractivity contribution in [2.75, 3.05) is 25.6 Å². The zero-order valence-electron chi connectivity index (χ0n) is 14.7. The van der Waals surface area contributed by atoms with Gasteiger partial charge in [0, 0.05) is 11.4 Å². The van der Waals surface area contributed by atoms with E-state index in [1.807, 2.05) is 0 Å². The van der Waals surface area contributed by atoms with Crippen LogP contribution in [0, 0.1) is 0 Å². The maximum Gasteiger partial charge on any atom is 0.306 e. The standard InChI is InChI=1S/C19H19Cl2NO5/c1-25-14-5-7-15(8-6-14)26-10-2-3-19(24)27-12-18(23)22-17-11-13(20)4-9-16(17)21/h4-9,11H,2-3,10,12H2,1H3,(H,22,23). The minimum absolute atomic E-state index is 0.140. The van der Waals surface area contributed by atoms with Crippen molar-refractivity contribution >= 4 is 40.8 Å². The van der Waals surface area contributed by atoms with Crippen LogP contribution in [0.1, 0.15) is 12.8 Å². The maximum atomic E-state index is 11.8. The number of methoxy groups -OCH3 is 1. The van der Waals surface area contributed by atoms with Gasteiger partial charge in [-0.25, -0.2) is 0 Å². The largest absolute Gasteiger partial charge is 0.497 e. The van der Waals surface area contributed by atoms with Gasteiger partial charge in [0.05, 0.1) is 24.4 Å². The zero-order valence-corrected chi connectivity index (χ0v) is 16.2. The Hall–Kier alpha value is -2.44. The third kappa shape index (κ3) is 7.37. The molecule has 0 unspecified atom stereocenters. The van der Waals surface area contributed by atoms with Gasteiger partial charge in [-0.3, -0.25) is 9.59 Å². The first-order chi connectivity index (χ1) is 13.0. The highest BCUT2D eigenvalue weighted by Gasteiger charge is 2.10. The minimum atomic E-state index is -0.498. The Labute approximate surface area is 167 Å². The molecule has 0 fully saturated rings. The second kappa shape index (κ2) is 10.6. The van der Waals surface area contributed by atoms with E-state index in [2.05, 4.69) is 5.32 Å². The van der Waals surface area contributed by atoms with E-state index in [0.29, 0.717) is 34.5 Å². The lowest BCUT2D eigenvalue weighted by Crippen LogP contribution is -2.21. The molecule has 1 N–H and O–H groups in total. The summed E-state index contributed by atoms with van der Waals surface area (Å²) in [5, 5.41) is 3.31. The number of esters is 1. The molecule has 0 saturated carbocycles. The summed E-state index contributed by atoms with van der Waals surface area (Å²) in [7, 11) is 1.59. The fourth-order valence-corrected chi connectivity index (χ4v) is 2.41. The van der Waals surface area contributed by atoms with Crippen LogP contribution in [0.25, 0.3) is 0 Å². The molecule has 0 atom stereocenters. The van der Waals surface area contributed by atoms with Crippen molar-refractivity contribution in [1.29, 1.82) is 0 Å². The van der Waals surface area contributed by atoms with E-state index in [9.17, 15) is 9.59 Å². The highest BCUT2D eigenvalue weighted by molar-refractivity contribution is 6.35. The lowest BCUT2D eigenvalue weighted by atomic mass is 10.3. The lowest BCUT2D eigenvalue weighted by molar-refractivity contribution is -0.147. The van der Waals surface area contributed by atoms with Gasteiger partial charge in [0.2, 0.25) is 0 Å². The first-order valence-corrected chi connectivity index (χ1v) is 8.91. The summed E-state index contributed by atoms with van der Waals surface area (Å²) in [6, 6.07) is 11.8. The molecule has 0 aliphatic carbocycles. The first kappa shape index (κ1) is 20.9. The number of benzene rings is 2. The summed E-state index contributed by atoms with van der Waals surface area (Å²) in [6.45, 7) is -0.0488. The monoisotopic (exact) mass is 411 g/mol. The smallest absolute Gasteiger partial charge is 0.306 e. The molecule has 0 aromatic heterocycles. The average Bonchev–Trinajstić information content (AvgIpc) is 2.67. The maximum absolute atomic E-state index is 11.8. The van der Waals surface area contributed by atoms with Gasteiger partial charge in [-0.2, -0.15) is 0 Å². The summed E-state index contributed by atoms with van der Waals surface area (Å²) >= 11 is 11.8. The Morgan fingerprint density at radius 1 is 1.04 bits per heavy atom. The zero-order chi connectivity index (χ0) is 19.6. The molecule has 27 heavy (non-hydrogen) atoms. The first-order valence-electron chi connectivity index (χ1n) is 8.15. The van der Waals surface area contributed by atoms with E-state index in [1.165, 1.54) is 6.07 Å². The SMILES string of the molecule is COc1ccc(OCCCC(=O)OCC(=O)Nc2cc(Cl)ccc2Cl)cc1. The third-order valence-electron chi connectivity index (χ3n) is 3.42. The molecule has 0 heterocycles. The summed E-state index contributed by atoms with van der Waals surface area (Å²) in [5.74, 6) is 0.438. The van der Waals surface area contributed by atoms with Crippen molar-refractivity contribution in [3.8, 4) is 11.5 Å². The van der Waals surface area contributed by atoms with E-state index in [0.717, 1.165) is 5.75 Å². The van der Waals surface area contributed by atoms with Crippen LogP contribution in [0.15, 0.2) is 42.5 Å². The van der Waals surface area contributed by atoms with Crippen LogP contribution in [0.5, 0.6) is 11.5 Å². The van der Waals surface area contributed by atoms with Crippen molar-refractivity contribution in [1.82, 2.24) is 0 Å². The Bertz CT molecular complexity index is 780. The van der Waals surface area contributed by atoms with Crippen LogP contribution >= 0.6 is 23.2 Å². The van der Waals surface area contributed by atoms with Crippen LogP contribution in [0.3, 0.4) is 0 Å². The predicted octanol–water partition coefficient (Wildman–Crippen LogP) is 4.34. The minimum Gasteiger partial charge on any atom is -0.497 e. The van der Waals surface area contributed by atoms with Crippen LogP contribution in [0.4, 0.5) is 5.69 Å². The number of hydrogen-bond donors (Lipinski definition) is 1. The predicted molar refractivity (Wildman–Crippen MR) is 104 cm³/mol. The quantitative estimate of drug-likeness (QED) is 0.490. The number of carbonyl (C=O) groups is 2. The number of carbonyl (C=O) groups excluding carboxylic acids is 2. The van der Waals surface area contributed by atoms with Crippen LogP contribution < -0.4 is 14.8 Å². The Balaban J connectivity index is 1.63. The lowest BCUT2D eigenvalue weighted by Gasteiger charge is -2.09. The van der Waals surface area contributed by atoms with E-state index >= 15 is 0 Å². The third-order valence-corrected chi connectivity index (χ3v) is 3.98. The van der Waals surface area contributed by atoms with Crippen molar-refractivity contribution in [3.05, 3.63) is 52.5 Å². The van der Waals surface area contributed by atoms with Gasteiger partial charge in [0.1, 0.15) is 11.5 Å². The highest BCUT2D eigenvalue weighted by Crippen LogP contribution is 2.25. The van der Waals surface area contributed by atoms with Gasteiger partial charge in [-0.05, 0) is 48.9 Å². The molecule has 144 valence electrons. The summed E-state index contributed by atoms with van der Waals surface area (Å²) in [4.78, 5) is 23.5. The second-order valence-electron chi connectivity index (χ2n) is 5.46. The van der Waals surface area contributed by atoms with Gasteiger partial charge < -0.3 is 19.5 Å². The van der Waals surface area contributed by atoms with Crippen LogP contribution in [0.2, 0.25) is 10.0 Å². The molecule has 2 rings (SSSR count). The number of amides is 1. The van der Waals surface area contributed by atoms with Gasteiger partial charge in [0.25, 0.3) is 5.91 Å². The normalized spacial score (nSPS) is 10.2. The van der Waals surface area contributed by atoms with Crippen molar-refractivity contribution in [2.24, 2.45) is 0 Å². The topological polar surface area (TPSA) is 73.9 Å². The molecular formula is C19H19Cl2NO5. The van der Waals surface area contributed by atoms with E-state index in [-0.39, 0.29) is 6.42 Å². The van der Waals surface area contributed by atoms with Crippen LogP contribution in [-0.4, -0.2) is 32.2 Å².